The van der Waals surface area contributed by atoms with Crippen molar-refractivity contribution in [3.63, 3.8) is 0 Å². The molecule has 1 aliphatic heterocycles. The maximum atomic E-state index is 14.0. The Morgan fingerprint density at radius 1 is 1.02 bits per heavy atom. The van der Waals surface area contributed by atoms with Gasteiger partial charge in [0.1, 0.15) is 24.2 Å². The summed E-state index contributed by atoms with van der Waals surface area (Å²) in [5, 5.41) is 17.4. The number of alkyl halides is 2. The molecule has 18 heteroatoms. The van der Waals surface area contributed by atoms with Crippen molar-refractivity contribution >= 4 is 49.0 Å². The second kappa shape index (κ2) is 18.2. The van der Waals surface area contributed by atoms with Gasteiger partial charge in [-0.1, -0.05) is 52.0 Å². The van der Waals surface area contributed by atoms with Crippen LogP contribution < -0.4 is 21.7 Å². The van der Waals surface area contributed by atoms with Gasteiger partial charge in [-0.2, -0.15) is 20.5 Å². The minimum Gasteiger partial charge on any atom is -0.480 e. The molecular formula is C31H48F2N5O9PS. The number of aliphatic carboxylic acids is 1. The highest BCUT2D eigenvalue weighted by Gasteiger charge is 2.50. The SMILES string of the molecule is CSCC[C@H](NC(=O)[C@@H]1CCCN1C(=O)[C@@H](NC(=O)[C@@H](N)Cc1ccc(C(F)(F)P(=O)(O)O)cc1)C(C)C)C(=O)N[C@@H](CC(C)C)C(=O)O. The van der Waals surface area contributed by atoms with Crippen molar-refractivity contribution in [3.05, 3.63) is 35.4 Å². The van der Waals surface area contributed by atoms with E-state index in [0.717, 1.165) is 12.1 Å². The van der Waals surface area contributed by atoms with Crippen LogP contribution >= 0.6 is 19.4 Å². The summed E-state index contributed by atoms with van der Waals surface area (Å²) in [6.07, 6.45) is 2.90. The second-order valence-corrected chi connectivity index (χ2v) is 15.5. The number of halogens is 2. The van der Waals surface area contributed by atoms with Crippen LogP contribution in [-0.2, 0) is 40.6 Å². The van der Waals surface area contributed by atoms with Gasteiger partial charge in [0.15, 0.2) is 0 Å². The van der Waals surface area contributed by atoms with Gasteiger partial charge < -0.3 is 41.5 Å². The molecule has 0 aliphatic carbocycles. The van der Waals surface area contributed by atoms with E-state index in [1.165, 1.54) is 28.8 Å². The van der Waals surface area contributed by atoms with Gasteiger partial charge in [0, 0.05) is 12.1 Å². The van der Waals surface area contributed by atoms with Crippen LogP contribution in [0.25, 0.3) is 0 Å². The molecule has 4 amide bonds. The van der Waals surface area contributed by atoms with Crippen LogP contribution in [0.5, 0.6) is 0 Å². The summed E-state index contributed by atoms with van der Waals surface area (Å²) >= 11 is 1.44. The van der Waals surface area contributed by atoms with Gasteiger partial charge in [-0.3, -0.25) is 23.7 Å². The zero-order valence-corrected chi connectivity index (χ0v) is 29.9. The number of carbonyl (C=O) groups excluding carboxylic acids is 4. The monoisotopic (exact) mass is 735 g/mol. The lowest BCUT2D eigenvalue weighted by atomic mass is 10.00. The smallest absolute Gasteiger partial charge is 0.399 e. The summed E-state index contributed by atoms with van der Waals surface area (Å²) in [6.45, 7) is 7.25. The molecule has 0 bridgehead atoms. The molecule has 5 atom stereocenters. The number of carboxylic acids is 1. The lowest BCUT2D eigenvalue weighted by Gasteiger charge is -2.32. The molecule has 14 nitrogen and oxygen atoms in total. The Balaban J connectivity index is 2.13. The summed E-state index contributed by atoms with van der Waals surface area (Å²) in [6, 6.07) is -1.41. The third-order valence-electron chi connectivity index (χ3n) is 8.09. The van der Waals surface area contributed by atoms with Crippen molar-refractivity contribution in [2.24, 2.45) is 17.6 Å². The van der Waals surface area contributed by atoms with Crippen molar-refractivity contribution in [3.8, 4) is 0 Å². The summed E-state index contributed by atoms with van der Waals surface area (Å²) in [4.78, 5) is 84.4. The Morgan fingerprint density at radius 3 is 2.14 bits per heavy atom. The third-order valence-corrected chi connectivity index (χ3v) is 9.73. The van der Waals surface area contributed by atoms with E-state index >= 15 is 0 Å². The second-order valence-electron chi connectivity index (χ2n) is 12.9. The van der Waals surface area contributed by atoms with Crippen LogP contribution in [0.1, 0.15) is 64.5 Å². The van der Waals surface area contributed by atoms with Crippen molar-refractivity contribution < 1.29 is 52.2 Å². The van der Waals surface area contributed by atoms with E-state index < -0.39 is 84.5 Å². The first-order valence-electron chi connectivity index (χ1n) is 15.9. The van der Waals surface area contributed by atoms with Crippen LogP contribution in [-0.4, -0.2) is 98.2 Å². The van der Waals surface area contributed by atoms with Gasteiger partial charge in [0.2, 0.25) is 23.6 Å². The molecule has 1 aromatic rings. The summed E-state index contributed by atoms with van der Waals surface area (Å²) in [7, 11) is -5.75. The molecule has 1 saturated heterocycles. The Kier molecular flexibility index (Phi) is 15.6. The zero-order valence-electron chi connectivity index (χ0n) is 28.2. The van der Waals surface area contributed by atoms with E-state index in [1.807, 2.05) is 20.1 Å². The molecule has 0 aromatic heterocycles. The van der Waals surface area contributed by atoms with Crippen LogP contribution in [0.15, 0.2) is 24.3 Å². The standard InChI is InChI=1S/C31H48F2N5O9PS/c1-17(2)15-23(30(43)44)36-27(40)22(12-14-49-5)35-28(41)24-7-6-13-38(24)29(42)25(18(3)4)37-26(39)21(34)16-19-8-10-20(11-9-19)31(32,33)48(45,46)47/h8-11,17-18,21-25H,6-7,12-16,34H2,1-5H3,(H,35,41)(H,36,40)(H,37,39)(H,43,44)(H2,45,46,47)/t21-,22-,23-,24-,25-/m0/s1. The fraction of sp³-hybridized carbons (Fsp3) is 0.645. The van der Waals surface area contributed by atoms with E-state index in [-0.39, 0.29) is 31.7 Å². The van der Waals surface area contributed by atoms with Crippen molar-refractivity contribution in [1.29, 1.82) is 0 Å². The average Bonchev–Trinajstić information content (AvgIpc) is 3.50. The maximum absolute atomic E-state index is 14.0. The number of hydrogen-bond donors (Lipinski definition) is 7. The molecular weight excluding hydrogens is 687 g/mol. The van der Waals surface area contributed by atoms with Gasteiger partial charge >= 0.3 is 19.2 Å². The minimum absolute atomic E-state index is 0.00659. The number of amides is 4. The summed E-state index contributed by atoms with van der Waals surface area (Å²) in [5.74, 6) is -3.61. The normalized spacial score (nSPS) is 17.7. The van der Waals surface area contributed by atoms with E-state index in [4.69, 9.17) is 15.5 Å². The summed E-state index contributed by atoms with van der Waals surface area (Å²) < 4.78 is 39.1. The number of hydrogen-bond acceptors (Lipinski definition) is 8. The number of nitrogens with zero attached hydrogens (tertiary/aromatic N) is 1. The summed E-state index contributed by atoms with van der Waals surface area (Å²) in [5.41, 5.74) is 1.11. The van der Waals surface area contributed by atoms with Crippen molar-refractivity contribution in [2.75, 3.05) is 18.6 Å². The Bertz CT molecular complexity index is 1380. The van der Waals surface area contributed by atoms with Gasteiger partial charge in [-0.05, 0) is 61.5 Å². The van der Waals surface area contributed by atoms with Crippen LogP contribution in [0.3, 0.4) is 0 Å². The van der Waals surface area contributed by atoms with Gasteiger partial charge in [-0.25, -0.2) is 4.79 Å². The number of carbonyl (C=O) groups is 5. The molecule has 0 radical (unpaired) electrons. The molecule has 1 heterocycles. The largest absolute Gasteiger partial charge is 0.480 e. The number of thioether (sulfide) groups is 1. The predicted molar refractivity (Wildman–Crippen MR) is 180 cm³/mol. The van der Waals surface area contributed by atoms with E-state index in [0.29, 0.717) is 24.2 Å². The third kappa shape index (κ3) is 11.7. The fourth-order valence-electron chi connectivity index (χ4n) is 5.35. The topological polar surface area (TPSA) is 228 Å². The lowest BCUT2D eigenvalue weighted by Crippen LogP contribution is -2.59. The number of nitrogens with one attached hydrogen (secondary N) is 3. The molecule has 8 N–H and O–H groups in total. The van der Waals surface area contributed by atoms with E-state index in [2.05, 4.69) is 16.0 Å². The van der Waals surface area contributed by atoms with Crippen molar-refractivity contribution in [1.82, 2.24) is 20.9 Å². The van der Waals surface area contributed by atoms with Crippen LogP contribution in [0.4, 0.5) is 8.78 Å². The average molecular weight is 736 g/mol. The van der Waals surface area contributed by atoms with Gasteiger partial charge in [0.25, 0.3) is 0 Å². The first-order valence-corrected chi connectivity index (χ1v) is 18.9. The van der Waals surface area contributed by atoms with Crippen molar-refractivity contribution in [2.45, 2.75) is 95.7 Å². The lowest BCUT2D eigenvalue weighted by molar-refractivity contribution is -0.144. The molecule has 276 valence electrons. The highest BCUT2D eigenvalue weighted by Crippen LogP contribution is 2.59. The molecule has 0 unspecified atom stereocenters. The van der Waals surface area contributed by atoms with E-state index in [9.17, 15) is 42.4 Å². The number of carboxylic acid groups (broad SMARTS) is 1. The Labute approximate surface area is 288 Å². The van der Waals surface area contributed by atoms with Gasteiger partial charge in [0.05, 0.1) is 6.04 Å². The zero-order chi connectivity index (χ0) is 37.3. The Morgan fingerprint density at radius 2 is 1.63 bits per heavy atom. The number of rotatable bonds is 18. The number of benzene rings is 1. The molecule has 1 fully saturated rings. The molecule has 0 spiro atoms. The Hall–Kier alpha value is -3.11. The van der Waals surface area contributed by atoms with Crippen LogP contribution in [0.2, 0.25) is 0 Å². The molecule has 2 rings (SSSR count). The molecule has 1 aromatic carbocycles. The highest BCUT2D eigenvalue weighted by molar-refractivity contribution is 7.98. The number of nitrogens with two attached hydrogens (primary N) is 1. The predicted octanol–water partition coefficient (Wildman–Crippen LogP) is 1.77. The number of likely N-dealkylation sites (tertiary alicyclic amines) is 1. The first kappa shape index (κ1) is 42.1. The molecule has 49 heavy (non-hydrogen) atoms. The van der Waals surface area contributed by atoms with Crippen LogP contribution in [0, 0.1) is 11.8 Å². The molecule has 1 aliphatic rings. The van der Waals surface area contributed by atoms with E-state index in [1.54, 1.807) is 13.8 Å². The quantitative estimate of drug-likeness (QED) is 0.108. The minimum atomic E-state index is -5.75. The fourth-order valence-corrected chi connectivity index (χ4v) is 6.31. The first-order chi connectivity index (χ1) is 22.7. The van der Waals surface area contributed by atoms with Gasteiger partial charge in [-0.15, -0.1) is 0 Å². The highest BCUT2D eigenvalue weighted by atomic mass is 32.2. The maximum Gasteiger partial charge on any atom is 0.399 e. The molecule has 0 saturated carbocycles.